The van der Waals surface area contributed by atoms with Crippen molar-refractivity contribution >= 4 is 31.2 Å². The zero-order valence-electron chi connectivity index (χ0n) is 13.1. The van der Waals surface area contributed by atoms with Crippen LogP contribution in [0.5, 0.6) is 0 Å². The summed E-state index contributed by atoms with van der Waals surface area (Å²) in [5.41, 5.74) is 1.34. The minimum atomic E-state index is -0.128. The molecular weight excluding hydrogens is 366 g/mol. The first-order valence-electron chi connectivity index (χ1n) is 6.34. The number of halogens is 2. The molecule has 0 fully saturated rings. The molecule has 0 heterocycles. The van der Waals surface area contributed by atoms with E-state index in [0.29, 0.717) is 0 Å². The van der Waals surface area contributed by atoms with Gasteiger partial charge in [-0.1, -0.05) is 0 Å². The molecule has 2 aliphatic rings. The first-order valence-corrected chi connectivity index (χ1v) is 8.80. The van der Waals surface area contributed by atoms with Gasteiger partial charge in [0, 0.05) is 0 Å². The van der Waals surface area contributed by atoms with Gasteiger partial charge in [0.15, 0.2) is 0 Å². The third-order valence-corrected chi connectivity index (χ3v) is 4.42. The molecule has 0 aromatic heterocycles. The van der Waals surface area contributed by atoms with Gasteiger partial charge in [0.1, 0.15) is 0 Å². The topological polar surface area (TPSA) is 0 Å². The molecular formula is C17H26Cl2Zr-2. The van der Waals surface area contributed by atoms with Gasteiger partial charge in [-0.05, 0) is 0 Å². The van der Waals surface area contributed by atoms with Crippen molar-refractivity contribution in [3.05, 3.63) is 48.1 Å². The molecule has 0 saturated carbocycles. The molecule has 0 bridgehead atoms. The van der Waals surface area contributed by atoms with Gasteiger partial charge in [0.25, 0.3) is 0 Å². The fourth-order valence-electron chi connectivity index (χ4n) is 1.34. The maximum Gasteiger partial charge on any atom is -0.109 e. The van der Waals surface area contributed by atoms with Crippen LogP contribution in [0.2, 0.25) is 0 Å². The molecule has 0 saturated heterocycles. The zero-order chi connectivity index (χ0) is 13.8. The first-order chi connectivity index (χ1) is 8.52. The van der Waals surface area contributed by atoms with Crippen molar-refractivity contribution in [3.8, 4) is 0 Å². The normalized spacial score (nSPS) is 12.6. The molecule has 0 spiro atoms. The molecule has 0 aromatic rings. The molecule has 0 unspecified atom stereocenters. The van der Waals surface area contributed by atoms with Gasteiger partial charge in [0.05, 0.1) is 0 Å². The average molecular weight is 393 g/mol. The Morgan fingerprint density at radius 2 is 1.60 bits per heavy atom. The van der Waals surface area contributed by atoms with Gasteiger partial charge in [-0.2, -0.15) is 12.2 Å². The Labute approximate surface area is 148 Å². The minimum Gasteiger partial charge on any atom is -0.273 e. The fraction of sp³-hybridized carbons (Fsp3) is 0.412. The van der Waals surface area contributed by atoms with E-state index in [1.807, 2.05) is 18.2 Å². The van der Waals surface area contributed by atoms with E-state index < -0.39 is 0 Å². The van der Waals surface area contributed by atoms with E-state index in [1.54, 1.807) is 6.41 Å². The van der Waals surface area contributed by atoms with Crippen LogP contribution in [0.25, 0.3) is 0 Å². The third kappa shape index (κ3) is 20.5. The summed E-state index contributed by atoms with van der Waals surface area (Å²) in [6.45, 7) is 11.0. The molecule has 0 radical (unpaired) electrons. The monoisotopic (exact) mass is 390 g/mol. The maximum absolute atomic E-state index is 3.05. The molecule has 0 atom stereocenters. The zero-order valence-corrected chi connectivity index (χ0v) is 17.2. The van der Waals surface area contributed by atoms with Crippen molar-refractivity contribution in [2.24, 2.45) is 0 Å². The van der Waals surface area contributed by atoms with E-state index >= 15 is 0 Å². The molecule has 0 N–H and O–H groups in total. The molecule has 20 heavy (non-hydrogen) atoms. The molecule has 3 heteroatoms. The fourth-order valence-corrected chi connectivity index (χ4v) is 3.80. The molecule has 0 nitrogen and oxygen atoms in total. The first kappa shape index (κ1) is 25.1. The van der Waals surface area contributed by atoms with Crippen molar-refractivity contribution in [1.82, 2.24) is 0 Å². The Hall–Kier alpha value is 0.163. The summed E-state index contributed by atoms with van der Waals surface area (Å²) in [6, 6.07) is 0. The SMILES string of the molecule is CC1=CC[C-]=C1.C[C](C)=[Zr]=[C](C)C.Cl.Cl.[C-]1=CC=CC1. The molecule has 2 aliphatic carbocycles. The Morgan fingerprint density at radius 3 is 1.70 bits per heavy atom. The quantitative estimate of drug-likeness (QED) is 0.488. The molecule has 0 aromatic carbocycles. The number of allylic oxidation sites excluding steroid dienone is 8. The van der Waals surface area contributed by atoms with E-state index in [0.717, 1.165) is 12.8 Å². The van der Waals surface area contributed by atoms with Gasteiger partial charge in [-0.3, -0.25) is 12.2 Å². The van der Waals surface area contributed by atoms with Crippen LogP contribution in [-0.4, -0.2) is 6.41 Å². The summed E-state index contributed by atoms with van der Waals surface area (Å²) >= 11 is -0.128. The number of hydrogen-bond acceptors (Lipinski definition) is 0. The van der Waals surface area contributed by atoms with Crippen molar-refractivity contribution < 1.29 is 22.3 Å². The van der Waals surface area contributed by atoms with Crippen molar-refractivity contribution in [1.29, 1.82) is 0 Å². The Bertz CT molecular complexity index is 388. The van der Waals surface area contributed by atoms with Crippen LogP contribution < -0.4 is 0 Å². The van der Waals surface area contributed by atoms with Crippen LogP contribution in [-0.2, 0) is 22.3 Å². The van der Waals surface area contributed by atoms with Gasteiger partial charge < -0.3 is 0 Å². The molecule has 114 valence electrons. The minimum absolute atomic E-state index is 0. The second-order valence-corrected chi connectivity index (χ2v) is 10.2. The van der Waals surface area contributed by atoms with Crippen molar-refractivity contribution in [2.75, 3.05) is 0 Å². The summed E-state index contributed by atoms with van der Waals surface area (Å²) < 4.78 is 3.34. The van der Waals surface area contributed by atoms with E-state index in [1.165, 1.54) is 5.57 Å². The van der Waals surface area contributed by atoms with Crippen LogP contribution in [0.15, 0.2) is 36.0 Å². The van der Waals surface area contributed by atoms with E-state index in [9.17, 15) is 0 Å². The standard InChI is InChI=1S/C6H7.C5H5.2C3H6.2ClH.Zr/c1-6-4-2-3-5-6;1-2-4-5-3-1;2*1-3-2;;;/h4-5H,2H2,1H3;1-3H,4H2;2*1-2H3;2*1H;/q2*-1;;;;;. The molecule has 0 amide bonds. The van der Waals surface area contributed by atoms with Crippen LogP contribution in [0.3, 0.4) is 0 Å². The number of rotatable bonds is 0. The smallest absolute Gasteiger partial charge is 0.109 e. The van der Waals surface area contributed by atoms with Crippen molar-refractivity contribution in [2.45, 2.75) is 47.5 Å². The van der Waals surface area contributed by atoms with Crippen LogP contribution >= 0.6 is 24.8 Å². The van der Waals surface area contributed by atoms with E-state index in [-0.39, 0.29) is 47.1 Å². The summed E-state index contributed by atoms with van der Waals surface area (Å²) in [5, 5.41) is 0. The molecule has 0 aliphatic heterocycles. The Kier molecular flexibility index (Phi) is 21.6. The summed E-state index contributed by atoms with van der Waals surface area (Å²) in [6.07, 6.45) is 18.2. The predicted octanol–water partition coefficient (Wildman–Crippen LogP) is 5.34. The summed E-state index contributed by atoms with van der Waals surface area (Å²) in [7, 11) is 0. The average Bonchev–Trinajstić information content (AvgIpc) is 2.89. The maximum atomic E-state index is 3.05. The van der Waals surface area contributed by atoms with Gasteiger partial charge >= 0.3 is 56.4 Å². The molecule has 2 rings (SSSR count). The Morgan fingerprint density at radius 1 is 1.00 bits per heavy atom. The van der Waals surface area contributed by atoms with Crippen LogP contribution in [0.4, 0.5) is 0 Å². The Balaban J connectivity index is -0.000000208. The largest absolute Gasteiger partial charge is 0.273 e. The van der Waals surface area contributed by atoms with E-state index in [4.69, 9.17) is 0 Å². The predicted molar refractivity (Wildman–Crippen MR) is 95.0 cm³/mol. The second-order valence-electron chi connectivity index (χ2n) is 4.63. The van der Waals surface area contributed by atoms with Gasteiger partial charge in [-0.25, -0.2) is 23.8 Å². The van der Waals surface area contributed by atoms with Gasteiger partial charge in [-0.15, -0.1) is 44.6 Å². The summed E-state index contributed by atoms with van der Waals surface area (Å²) in [5.74, 6) is 0. The number of hydrogen-bond donors (Lipinski definition) is 0. The van der Waals surface area contributed by atoms with Crippen LogP contribution in [0, 0.1) is 12.2 Å². The second kappa shape index (κ2) is 17.2. The van der Waals surface area contributed by atoms with Crippen LogP contribution in [0.1, 0.15) is 47.5 Å². The van der Waals surface area contributed by atoms with Crippen molar-refractivity contribution in [3.63, 3.8) is 0 Å². The summed E-state index contributed by atoms with van der Waals surface area (Å²) in [4.78, 5) is 0. The third-order valence-electron chi connectivity index (χ3n) is 1.96. The van der Waals surface area contributed by atoms with E-state index in [2.05, 4.69) is 58.9 Å². The van der Waals surface area contributed by atoms with Gasteiger partial charge in [0.2, 0.25) is 0 Å².